The molecular weight excluding hydrogens is 384 g/mol. The van der Waals surface area contributed by atoms with E-state index in [2.05, 4.69) is 28.4 Å². The molecule has 0 rings (SSSR count). The van der Waals surface area contributed by atoms with Gasteiger partial charge in [0.15, 0.2) is 0 Å². The van der Waals surface area contributed by atoms with Crippen molar-refractivity contribution < 1.29 is 57.2 Å². The van der Waals surface area contributed by atoms with Crippen LogP contribution in [-0.2, 0) is 57.2 Å². The van der Waals surface area contributed by atoms with Gasteiger partial charge in [0.2, 0.25) is 20.4 Å². The summed E-state index contributed by atoms with van der Waals surface area (Å²) < 4.78 is 27.1. The molecule has 0 N–H and O–H groups in total. The van der Waals surface area contributed by atoms with Crippen LogP contribution in [-0.4, -0.2) is 56.2 Å². The molecule has 0 aliphatic rings. The van der Waals surface area contributed by atoms with E-state index >= 15 is 0 Å². The van der Waals surface area contributed by atoms with Crippen molar-refractivity contribution in [1.82, 2.24) is 0 Å². The van der Waals surface area contributed by atoms with Gasteiger partial charge in [-0.25, -0.2) is 0 Å². The summed E-state index contributed by atoms with van der Waals surface area (Å²) in [5.74, 6) is -4.14. The standard InChI is InChI=1S/C16H22O12/c1-11(17)23-8-25-13(19)4-3-5-14(20)27-10-28-16(22)7-6-15(21)26-9-24-12(2)18/h3-10H2,1-2H3. The number of ether oxygens (including phenoxy) is 6. The summed E-state index contributed by atoms with van der Waals surface area (Å²) in [4.78, 5) is 66.1. The zero-order chi connectivity index (χ0) is 21.4. The Kier molecular flexibility index (Phi) is 13.2. The lowest BCUT2D eigenvalue weighted by atomic mass is 10.2. The third kappa shape index (κ3) is 16.3. The second-order valence-corrected chi connectivity index (χ2v) is 5.04. The summed E-state index contributed by atoms with van der Waals surface area (Å²) in [7, 11) is 0. The zero-order valence-corrected chi connectivity index (χ0v) is 15.6. The molecule has 0 radical (unpaired) electrons. The minimum atomic E-state index is -0.800. The van der Waals surface area contributed by atoms with Crippen molar-refractivity contribution in [1.29, 1.82) is 0 Å². The lowest BCUT2D eigenvalue weighted by Crippen LogP contribution is -2.16. The van der Waals surface area contributed by atoms with Crippen molar-refractivity contribution in [2.24, 2.45) is 0 Å². The summed E-state index contributed by atoms with van der Waals surface area (Å²) in [6.45, 7) is 0.624. The minimum Gasteiger partial charge on any atom is -0.428 e. The molecule has 0 saturated carbocycles. The maximum atomic E-state index is 11.4. The van der Waals surface area contributed by atoms with Gasteiger partial charge in [0.05, 0.1) is 12.8 Å². The van der Waals surface area contributed by atoms with Crippen LogP contribution in [0.15, 0.2) is 0 Å². The molecule has 0 spiro atoms. The molecule has 0 aromatic carbocycles. The molecule has 28 heavy (non-hydrogen) atoms. The minimum absolute atomic E-state index is 0.0917. The van der Waals surface area contributed by atoms with Crippen molar-refractivity contribution in [2.45, 2.75) is 46.0 Å². The van der Waals surface area contributed by atoms with E-state index in [-0.39, 0.29) is 32.1 Å². The number of rotatable bonds is 13. The largest absolute Gasteiger partial charge is 0.428 e. The number of esters is 6. The fourth-order valence-corrected chi connectivity index (χ4v) is 1.39. The monoisotopic (exact) mass is 406 g/mol. The second-order valence-electron chi connectivity index (χ2n) is 5.04. The molecule has 0 aliphatic heterocycles. The average molecular weight is 406 g/mol. The Labute approximate surface area is 160 Å². The normalized spacial score (nSPS) is 9.64. The van der Waals surface area contributed by atoms with E-state index in [0.29, 0.717) is 0 Å². The van der Waals surface area contributed by atoms with E-state index < -0.39 is 56.2 Å². The predicted octanol–water partition coefficient (Wildman–Crippen LogP) is 0.108. The van der Waals surface area contributed by atoms with Crippen molar-refractivity contribution in [3.05, 3.63) is 0 Å². The highest BCUT2D eigenvalue weighted by Gasteiger charge is 2.11. The van der Waals surface area contributed by atoms with E-state index in [4.69, 9.17) is 0 Å². The number of carbonyl (C=O) groups excluding carboxylic acids is 6. The Morgan fingerprint density at radius 2 is 0.750 bits per heavy atom. The second kappa shape index (κ2) is 14.9. The zero-order valence-electron chi connectivity index (χ0n) is 15.6. The van der Waals surface area contributed by atoms with Crippen LogP contribution in [0.25, 0.3) is 0 Å². The van der Waals surface area contributed by atoms with E-state index in [1.165, 1.54) is 0 Å². The van der Waals surface area contributed by atoms with Crippen molar-refractivity contribution in [3.8, 4) is 0 Å². The molecule has 0 aromatic heterocycles. The lowest BCUT2D eigenvalue weighted by molar-refractivity contribution is -0.172. The van der Waals surface area contributed by atoms with Crippen molar-refractivity contribution in [3.63, 3.8) is 0 Å². The molecule has 0 saturated heterocycles. The summed E-state index contributed by atoms with van der Waals surface area (Å²) in [6.07, 6.45) is -0.706. The van der Waals surface area contributed by atoms with E-state index in [1.54, 1.807) is 0 Å². The molecular formula is C16H22O12. The molecule has 0 aromatic rings. The number of carbonyl (C=O) groups is 6. The van der Waals surface area contributed by atoms with Gasteiger partial charge in [-0.3, -0.25) is 28.8 Å². The van der Waals surface area contributed by atoms with Crippen LogP contribution in [0.1, 0.15) is 46.0 Å². The lowest BCUT2D eigenvalue weighted by Gasteiger charge is -2.07. The fraction of sp³-hybridized carbons (Fsp3) is 0.625. The highest BCUT2D eigenvalue weighted by atomic mass is 16.7. The van der Waals surface area contributed by atoms with Gasteiger partial charge in [0.25, 0.3) is 0 Å². The summed E-state index contributed by atoms with van der Waals surface area (Å²) in [5, 5.41) is 0. The highest BCUT2D eigenvalue weighted by molar-refractivity contribution is 5.78. The Morgan fingerprint density at radius 1 is 0.464 bits per heavy atom. The van der Waals surface area contributed by atoms with Crippen LogP contribution in [0.2, 0.25) is 0 Å². The fourth-order valence-electron chi connectivity index (χ4n) is 1.39. The average Bonchev–Trinajstić information content (AvgIpc) is 2.59. The van der Waals surface area contributed by atoms with Gasteiger partial charge >= 0.3 is 35.8 Å². The Hall–Kier alpha value is -3.18. The topological polar surface area (TPSA) is 158 Å². The molecule has 0 bridgehead atoms. The summed E-state index contributed by atoms with van der Waals surface area (Å²) >= 11 is 0. The first kappa shape index (κ1) is 24.8. The Bertz CT molecular complexity index is 568. The predicted molar refractivity (Wildman–Crippen MR) is 85.6 cm³/mol. The molecule has 158 valence electrons. The van der Waals surface area contributed by atoms with Crippen molar-refractivity contribution in [2.75, 3.05) is 20.4 Å². The highest BCUT2D eigenvalue weighted by Crippen LogP contribution is 2.01. The van der Waals surface area contributed by atoms with Crippen LogP contribution in [0.3, 0.4) is 0 Å². The number of hydrogen-bond acceptors (Lipinski definition) is 12. The van der Waals surface area contributed by atoms with E-state index in [0.717, 1.165) is 13.8 Å². The van der Waals surface area contributed by atoms with Crippen molar-refractivity contribution >= 4 is 35.8 Å². The maximum Gasteiger partial charge on any atom is 0.309 e. The van der Waals surface area contributed by atoms with Crippen LogP contribution in [0, 0.1) is 0 Å². The molecule has 0 fully saturated rings. The first-order chi connectivity index (χ1) is 13.2. The molecule has 0 unspecified atom stereocenters. The Morgan fingerprint density at radius 3 is 1.07 bits per heavy atom. The quantitative estimate of drug-likeness (QED) is 0.231. The molecule has 0 atom stereocenters. The van der Waals surface area contributed by atoms with Crippen LogP contribution in [0.5, 0.6) is 0 Å². The van der Waals surface area contributed by atoms with Crippen LogP contribution in [0.4, 0.5) is 0 Å². The first-order valence-electron chi connectivity index (χ1n) is 8.10. The molecule has 12 nitrogen and oxygen atoms in total. The SMILES string of the molecule is CC(=O)OCOC(=O)CCCC(=O)OCOC(=O)CCC(=O)OCOC(C)=O. The third-order valence-corrected chi connectivity index (χ3v) is 2.70. The van der Waals surface area contributed by atoms with E-state index in [1.807, 2.05) is 0 Å². The summed E-state index contributed by atoms with van der Waals surface area (Å²) in [6, 6.07) is 0. The smallest absolute Gasteiger partial charge is 0.309 e. The third-order valence-electron chi connectivity index (χ3n) is 2.70. The molecule has 0 aliphatic carbocycles. The molecule has 0 heterocycles. The van der Waals surface area contributed by atoms with Gasteiger partial charge in [0.1, 0.15) is 0 Å². The van der Waals surface area contributed by atoms with Gasteiger partial charge in [0, 0.05) is 26.7 Å². The van der Waals surface area contributed by atoms with Gasteiger partial charge in [-0.05, 0) is 6.42 Å². The van der Waals surface area contributed by atoms with Crippen LogP contribution >= 0.6 is 0 Å². The Balaban J connectivity index is 3.67. The van der Waals surface area contributed by atoms with Gasteiger partial charge in [-0.1, -0.05) is 0 Å². The molecule has 0 amide bonds. The number of hydrogen-bond donors (Lipinski definition) is 0. The van der Waals surface area contributed by atoms with Gasteiger partial charge < -0.3 is 28.4 Å². The summed E-state index contributed by atoms with van der Waals surface area (Å²) in [5.41, 5.74) is 0. The maximum absolute atomic E-state index is 11.4. The van der Waals surface area contributed by atoms with Crippen LogP contribution < -0.4 is 0 Å². The first-order valence-corrected chi connectivity index (χ1v) is 8.10. The van der Waals surface area contributed by atoms with Gasteiger partial charge in [-0.15, -0.1) is 0 Å². The van der Waals surface area contributed by atoms with E-state index in [9.17, 15) is 28.8 Å². The van der Waals surface area contributed by atoms with Gasteiger partial charge in [-0.2, -0.15) is 0 Å². The molecule has 12 heteroatoms.